The summed E-state index contributed by atoms with van der Waals surface area (Å²) in [6.07, 6.45) is 3.34. The first-order valence-electron chi connectivity index (χ1n) is 10.5. The van der Waals surface area contributed by atoms with Gasteiger partial charge in [0, 0.05) is 25.6 Å². The molecule has 1 aromatic carbocycles. The molecule has 0 bridgehead atoms. The summed E-state index contributed by atoms with van der Waals surface area (Å²) < 4.78 is 32.6. The van der Waals surface area contributed by atoms with E-state index >= 15 is 0 Å². The largest absolute Gasteiger partial charge is 0.486 e. The van der Waals surface area contributed by atoms with Crippen molar-refractivity contribution in [1.29, 1.82) is 0 Å². The number of carbonyl (C=O) groups excluding carboxylic acids is 1. The number of aliphatic hydroxyl groups is 1. The zero-order valence-electron chi connectivity index (χ0n) is 18.2. The first-order chi connectivity index (χ1) is 14.1. The summed E-state index contributed by atoms with van der Waals surface area (Å²) in [5.41, 5.74) is 0.551. The molecule has 1 saturated carbocycles. The minimum absolute atomic E-state index is 0.0101. The summed E-state index contributed by atoms with van der Waals surface area (Å²) in [6.45, 7) is 5.79. The van der Waals surface area contributed by atoms with Crippen LogP contribution in [0.3, 0.4) is 0 Å². The van der Waals surface area contributed by atoms with Crippen molar-refractivity contribution in [3.8, 4) is 5.75 Å². The van der Waals surface area contributed by atoms with Crippen molar-refractivity contribution in [3.05, 3.63) is 23.8 Å². The van der Waals surface area contributed by atoms with Crippen LogP contribution >= 0.6 is 0 Å². The van der Waals surface area contributed by atoms with Gasteiger partial charge in [-0.3, -0.25) is 9.52 Å². The van der Waals surface area contributed by atoms with Crippen molar-refractivity contribution in [2.24, 2.45) is 11.8 Å². The van der Waals surface area contributed by atoms with Crippen molar-refractivity contribution in [2.75, 3.05) is 44.3 Å². The Morgan fingerprint density at radius 2 is 2.03 bits per heavy atom. The quantitative estimate of drug-likeness (QED) is 0.639. The number of aliphatic hydroxyl groups excluding tert-OH is 1. The molecule has 1 fully saturated rings. The highest BCUT2D eigenvalue weighted by Crippen LogP contribution is 2.35. The predicted molar refractivity (Wildman–Crippen MR) is 116 cm³/mol. The fraction of sp³-hybridized carbons (Fsp3) is 0.667. The minimum atomic E-state index is -3.55. The van der Waals surface area contributed by atoms with Gasteiger partial charge in [0.05, 0.1) is 30.2 Å². The zero-order valence-corrected chi connectivity index (χ0v) is 19.0. The number of fused-ring (bicyclic) bond motifs is 1. The van der Waals surface area contributed by atoms with Crippen LogP contribution in [0, 0.1) is 11.8 Å². The van der Waals surface area contributed by atoms with Crippen LogP contribution in [-0.2, 0) is 10.0 Å². The normalized spacial score (nSPS) is 23.4. The molecule has 2 aliphatic rings. The molecule has 0 saturated heterocycles. The maximum atomic E-state index is 13.3. The number of carbonyl (C=O) groups is 1. The molecule has 0 radical (unpaired) electrons. The molecular weight excluding hydrogens is 406 g/mol. The van der Waals surface area contributed by atoms with E-state index in [1.165, 1.54) is 12.8 Å². The van der Waals surface area contributed by atoms with Gasteiger partial charge in [-0.05, 0) is 44.9 Å². The Morgan fingerprint density at radius 1 is 1.33 bits per heavy atom. The van der Waals surface area contributed by atoms with E-state index in [9.17, 15) is 18.3 Å². The summed E-state index contributed by atoms with van der Waals surface area (Å²) in [6, 6.07) is 4.52. The number of benzene rings is 1. The minimum Gasteiger partial charge on any atom is -0.486 e. The van der Waals surface area contributed by atoms with Gasteiger partial charge in [0.15, 0.2) is 5.75 Å². The second kappa shape index (κ2) is 9.11. The molecule has 0 unspecified atom stereocenters. The third-order valence-electron chi connectivity index (χ3n) is 5.74. The number of likely N-dealkylation sites (N-methyl/N-ethyl adjacent to an activating group) is 1. The second-order valence-electron chi connectivity index (χ2n) is 8.84. The average molecular weight is 440 g/mol. The summed E-state index contributed by atoms with van der Waals surface area (Å²) in [7, 11) is -1.49. The van der Waals surface area contributed by atoms with Gasteiger partial charge < -0.3 is 19.6 Å². The fourth-order valence-electron chi connectivity index (χ4n) is 3.86. The number of para-hydroxylation sites is 1. The molecule has 0 aromatic heterocycles. The molecule has 8 nitrogen and oxygen atoms in total. The van der Waals surface area contributed by atoms with Crippen LogP contribution in [-0.4, -0.2) is 80.9 Å². The van der Waals surface area contributed by atoms with Crippen molar-refractivity contribution >= 4 is 21.6 Å². The topological polar surface area (TPSA) is 99.2 Å². The van der Waals surface area contributed by atoms with Crippen LogP contribution in [0.25, 0.3) is 0 Å². The molecule has 0 spiro atoms. The number of hydrogen-bond acceptors (Lipinski definition) is 6. The molecular formula is C21H33N3O5S. The van der Waals surface area contributed by atoms with Gasteiger partial charge in [-0.15, -0.1) is 0 Å². The maximum absolute atomic E-state index is 13.3. The van der Waals surface area contributed by atoms with Crippen LogP contribution in [0.2, 0.25) is 0 Å². The number of amides is 1. The summed E-state index contributed by atoms with van der Waals surface area (Å²) >= 11 is 0. The number of sulfonamides is 1. The molecule has 1 amide bonds. The Labute approximate surface area is 179 Å². The van der Waals surface area contributed by atoms with E-state index in [2.05, 4.69) is 16.7 Å². The van der Waals surface area contributed by atoms with E-state index in [4.69, 9.17) is 4.74 Å². The van der Waals surface area contributed by atoms with Gasteiger partial charge in [-0.2, -0.15) is 0 Å². The molecule has 30 heavy (non-hydrogen) atoms. The summed E-state index contributed by atoms with van der Waals surface area (Å²) in [5.74, 6) is 0.699. The number of nitrogens with one attached hydrogen (secondary N) is 1. The van der Waals surface area contributed by atoms with Crippen LogP contribution in [0.1, 0.15) is 37.0 Å². The summed E-state index contributed by atoms with van der Waals surface area (Å²) in [4.78, 5) is 17.2. The van der Waals surface area contributed by atoms with E-state index < -0.39 is 10.0 Å². The highest BCUT2D eigenvalue weighted by Gasteiger charge is 2.35. The lowest BCUT2D eigenvalue weighted by molar-refractivity contribution is 0.0346. The van der Waals surface area contributed by atoms with Gasteiger partial charge in [0.1, 0.15) is 6.10 Å². The predicted octanol–water partition coefficient (Wildman–Crippen LogP) is 1.62. The fourth-order valence-corrected chi connectivity index (χ4v) is 4.42. The van der Waals surface area contributed by atoms with E-state index in [-0.39, 0.29) is 42.0 Å². The Balaban J connectivity index is 1.99. The standard InChI is InChI=1S/C21H33N3O5S/c1-14-10-24(15(2)13-25)21(26)17-6-5-7-18(22-30(4,27)28)20(17)29-19(14)12-23(3)11-16-8-9-16/h5-7,14-16,19,22,25H,8-13H2,1-4H3/t14-,15-,19+/m1/s1. The van der Waals surface area contributed by atoms with E-state index in [1.807, 2.05) is 6.92 Å². The third-order valence-corrected chi connectivity index (χ3v) is 6.34. The first kappa shape index (κ1) is 22.8. The van der Waals surface area contributed by atoms with Crippen LogP contribution in [0.5, 0.6) is 5.75 Å². The molecule has 1 heterocycles. The van der Waals surface area contributed by atoms with Gasteiger partial charge in [0.2, 0.25) is 10.0 Å². The Kier molecular flexibility index (Phi) is 6.94. The van der Waals surface area contributed by atoms with E-state index in [0.29, 0.717) is 18.7 Å². The van der Waals surface area contributed by atoms with Crippen LogP contribution in [0.4, 0.5) is 5.69 Å². The molecule has 3 atom stereocenters. The SMILES string of the molecule is C[C@@H]1CN([C@H](C)CO)C(=O)c2cccc(NS(C)(=O)=O)c2O[C@H]1CN(C)CC1CC1. The van der Waals surface area contributed by atoms with Crippen molar-refractivity contribution in [2.45, 2.75) is 38.8 Å². The zero-order chi connectivity index (χ0) is 22.1. The maximum Gasteiger partial charge on any atom is 0.258 e. The smallest absolute Gasteiger partial charge is 0.258 e. The molecule has 3 rings (SSSR count). The van der Waals surface area contributed by atoms with E-state index in [0.717, 1.165) is 18.7 Å². The molecule has 168 valence electrons. The number of hydrogen-bond donors (Lipinski definition) is 2. The molecule has 2 N–H and O–H groups in total. The molecule has 1 aliphatic carbocycles. The first-order valence-corrected chi connectivity index (χ1v) is 12.4. The Bertz CT molecular complexity index is 871. The van der Waals surface area contributed by atoms with Gasteiger partial charge >= 0.3 is 0 Å². The highest BCUT2D eigenvalue weighted by molar-refractivity contribution is 7.92. The van der Waals surface area contributed by atoms with Crippen molar-refractivity contribution < 1.29 is 23.1 Å². The molecule has 1 aliphatic heterocycles. The lowest BCUT2D eigenvalue weighted by atomic mass is 9.99. The van der Waals surface area contributed by atoms with Crippen LogP contribution < -0.4 is 9.46 Å². The van der Waals surface area contributed by atoms with Gasteiger partial charge in [-0.1, -0.05) is 13.0 Å². The monoisotopic (exact) mass is 439 g/mol. The number of nitrogens with zero attached hydrogens (tertiary/aromatic N) is 2. The van der Waals surface area contributed by atoms with Crippen LogP contribution in [0.15, 0.2) is 18.2 Å². The number of anilines is 1. The second-order valence-corrected chi connectivity index (χ2v) is 10.6. The van der Waals surface area contributed by atoms with Crippen molar-refractivity contribution in [3.63, 3.8) is 0 Å². The van der Waals surface area contributed by atoms with Gasteiger partial charge in [-0.25, -0.2) is 8.42 Å². The molecule has 9 heteroatoms. The lowest BCUT2D eigenvalue weighted by Gasteiger charge is -2.38. The Morgan fingerprint density at radius 3 is 2.63 bits per heavy atom. The average Bonchev–Trinajstić information content (AvgIpc) is 3.47. The lowest BCUT2D eigenvalue weighted by Crippen LogP contribution is -2.50. The highest BCUT2D eigenvalue weighted by atomic mass is 32.2. The number of ether oxygens (including phenoxy) is 1. The molecule has 1 aromatic rings. The van der Waals surface area contributed by atoms with Gasteiger partial charge in [0.25, 0.3) is 5.91 Å². The number of rotatable bonds is 8. The Hall–Kier alpha value is -1.84. The van der Waals surface area contributed by atoms with Crippen molar-refractivity contribution in [1.82, 2.24) is 9.80 Å². The summed E-state index contributed by atoms with van der Waals surface area (Å²) in [5, 5.41) is 9.70. The third kappa shape index (κ3) is 5.65. The van der Waals surface area contributed by atoms with E-state index in [1.54, 1.807) is 30.0 Å².